The molecule has 0 bridgehead atoms. The summed E-state index contributed by atoms with van der Waals surface area (Å²) in [7, 11) is 1.79. The quantitative estimate of drug-likeness (QED) is 0.549. The van der Waals surface area contributed by atoms with E-state index in [1.165, 1.54) is 0 Å². The SMILES string of the molecule is Cc1cccc(-c2cc(Oc3cc(C#N)ccc3-c3ncc(CN)cn3)n(C)n2)n1. The van der Waals surface area contributed by atoms with Gasteiger partial charge in [0.25, 0.3) is 0 Å². The van der Waals surface area contributed by atoms with Crippen LogP contribution in [-0.4, -0.2) is 24.7 Å². The molecule has 0 radical (unpaired) electrons. The highest BCUT2D eigenvalue weighted by Crippen LogP contribution is 2.33. The van der Waals surface area contributed by atoms with Crippen LogP contribution in [0.3, 0.4) is 0 Å². The van der Waals surface area contributed by atoms with Gasteiger partial charge in [0.05, 0.1) is 22.9 Å². The second-order valence-corrected chi connectivity index (χ2v) is 6.70. The third-order valence-electron chi connectivity index (χ3n) is 4.49. The number of ether oxygens (including phenoxy) is 1. The maximum Gasteiger partial charge on any atom is 0.218 e. The van der Waals surface area contributed by atoms with Crippen molar-refractivity contribution in [2.75, 3.05) is 0 Å². The van der Waals surface area contributed by atoms with Gasteiger partial charge >= 0.3 is 0 Å². The summed E-state index contributed by atoms with van der Waals surface area (Å²) in [4.78, 5) is 13.3. The Hall–Kier alpha value is -4.09. The summed E-state index contributed by atoms with van der Waals surface area (Å²) in [5.74, 6) is 1.44. The number of aromatic nitrogens is 5. The summed E-state index contributed by atoms with van der Waals surface area (Å²) in [6.07, 6.45) is 3.35. The van der Waals surface area contributed by atoms with E-state index in [0.717, 1.165) is 17.0 Å². The van der Waals surface area contributed by atoms with Crippen LogP contribution in [0.4, 0.5) is 0 Å². The van der Waals surface area contributed by atoms with Crippen molar-refractivity contribution in [2.45, 2.75) is 13.5 Å². The van der Waals surface area contributed by atoms with Crippen molar-refractivity contribution in [1.82, 2.24) is 24.7 Å². The van der Waals surface area contributed by atoms with Crippen molar-refractivity contribution >= 4 is 0 Å². The fourth-order valence-electron chi connectivity index (χ4n) is 2.93. The molecule has 4 aromatic rings. The third-order valence-corrected chi connectivity index (χ3v) is 4.49. The molecule has 0 amide bonds. The van der Waals surface area contributed by atoms with Gasteiger partial charge in [-0.25, -0.2) is 14.6 Å². The van der Waals surface area contributed by atoms with E-state index in [1.807, 2.05) is 31.2 Å². The van der Waals surface area contributed by atoms with E-state index in [2.05, 4.69) is 26.1 Å². The number of hydrogen-bond donors (Lipinski definition) is 1. The van der Waals surface area contributed by atoms with E-state index in [4.69, 9.17) is 10.5 Å². The maximum atomic E-state index is 9.31. The van der Waals surface area contributed by atoms with E-state index in [9.17, 15) is 5.26 Å². The van der Waals surface area contributed by atoms with Crippen molar-refractivity contribution in [1.29, 1.82) is 5.26 Å². The highest BCUT2D eigenvalue weighted by atomic mass is 16.5. The van der Waals surface area contributed by atoms with Crippen molar-refractivity contribution in [3.63, 3.8) is 0 Å². The molecule has 0 fully saturated rings. The topological polar surface area (TPSA) is 116 Å². The van der Waals surface area contributed by atoms with Crippen LogP contribution in [0, 0.1) is 18.3 Å². The molecular weight excluding hydrogens is 378 g/mol. The fraction of sp³-hybridized carbons (Fsp3) is 0.136. The molecule has 0 spiro atoms. The van der Waals surface area contributed by atoms with Crippen LogP contribution in [-0.2, 0) is 13.6 Å². The van der Waals surface area contributed by atoms with E-state index in [0.29, 0.717) is 40.8 Å². The fourth-order valence-corrected chi connectivity index (χ4v) is 2.93. The average molecular weight is 397 g/mol. The lowest BCUT2D eigenvalue weighted by Crippen LogP contribution is -2.01. The van der Waals surface area contributed by atoms with E-state index in [1.54, 1.807) is 42.3 Å². The van der Waals surface area contributed by atoms with Crippen LogP contribution < -0.4 is 10.5 Å². The van der Waals surface area contributed by atoms with Crippen LogP contribution in [0.5, 0.6) is 11.6 Å². The van der Waals surface area contributed by atoms with E-state index >= 15 is 0 Å². The zero-order valence-electron chi connectivity index (χ0n) is 16.6. The van der Waals surface area contributed by atoms with Gasteiger partial charge < -0.3 is 10.5 Å². The van der Waals surface area contributed by atoms with Gasteiger partial charge in [0.15, 0.2) is 5.82 Å². The molecule has 0 atom stereocenters. The van der Waals surface area contributed by atoms with Crippen molar-refractivity contribution in [2.24, 2.45) is 12.8 Å². The monoisotopic (exact) mass is 397 g/mol. The number of hydrogen-bond acceptors (Lipinski definition) is 7. The summed E-state index contributed by atoms with van der Waals surface area (Å²) in [6, 6.07) is 14.8. The Morgan fingerprint density at radius 1 is 1.10 bits per heavy atom. The molecule has 3 heterocycles. The summed E-state index contributed by atoms with van der Waals surface area (Å²) >= 11 is 0. The molecule has 30 heavy (non-hydrogen) atoms. The minimum Gasteiger partial charge on any atom is -0.438 e. The van der Waals surface area contributed by atoms with Gasteiger partial charge in [-0.05, 0) is 37.3 Å². The van der Waals surface area contributed by atoms with Crippen LogP contribution in [0.2, 0.25) is 0 Å². The van der Waals surface area contributed by atoms with Crippen molar-refractivity contribution in [3.8, 4) is 40.5 Å². The van der Waals surface area contributed by atoms with E-state index < -0.39 is 0 Å². The van der Waals surface area contributed by atoms with E-state index in [-0.39, 0.29) is 0 Å². The lowest BCUT2D eigenvalue weighted by Gasteiger charge is -2.11. The van der Waals surface area contributed by atoms with Crippen molar-refractivity contribution < 1.29 is 4.74 Å². The number of rotatable bonds is 5. The van der Waals surface area contributed by atoms with Crippen LogP contribution in [0.15, 0.2) is 54.9 Å². The normalized spacial score (nSPS) is 10.6. The minimum absolute atomic E-state index is 0.363. The molecule has 0 saturated carbocycles. The highest BCUT2D eigenvalue weighted by molar-refractivity contribution is 5.66. The number of nitrogens with two attached hydrogens (primary N) is 1. The molecule has 0 aliphatic carbocycles. The Morgan fingerprint density at radius 3 is 2.60 bits per heavy atom. The molecule has 2 N–H and O–H groups in total. The maximum absolute atomic E-state index is 9.31. The van der Waals surface area contributed by atoms with Gasteiger partial charge in [-0.3, -0.25) is 4.98 Å². The first-order chi connectivity index (χ1) is 14.6. The van der Waals surface area contributed by atoms with Gasteiger partial charge in [-0.15, -0.1) is 0 Å². The smallest absolute Gasteiger partial charge is 0.218 e. The van der Waals surface area contributed by atoms with Gasteiger partial charge in [0, 0.05) is 43.3 Å². The van der Waals surface area contributed by atoms with Crippen LogP contribution >= 0.6 is 0 Å². The number of nitrogens with zero attached hydrogens (tertiary/aromatic N) is 6. The Bertz CT molecular complexity index is 1240. The standard InChI is InChI=1S/C22H19N7O/c1-14-4-3-5-18(27-14)19-9-21(29(2)28-19)30-20-8-15(10-23)6-7-17(20)22-25-12-16(11-24)13-26-22/h3-9,12-13H,11,24H2,1-2H3. The average Bonchev–Trinajstić information content (AvgIpc) is 3.14. The molecule has 0 saturated heterocycles. The highest BCUT2D eigenvalue weighted by Gasteiger charge is 2.15. The first kappa shape index (κ1) is 19.2. The van der Waals surface area contributed by atoms with Crippen molar-refractivity contribution in [3.05, 3.63) is 71.7 Å². The largest absolute Gasteiger partial charge is 0.438 e. The molecule has 0 aliphatic rings. The van der Waals surface area contributed by atoms with Crippen LogP contribution in [0.1, 0.15) is 16.8 Å². The third kappa shape index (κ3) is 3.87. The van der Waals surface area contributed by atoms with Gasteiger partial charge in [0.2, 0.25) is 5.88 Å². The number of pyridine rings is 1. The number of nitriles is 1. The molecule has 1 aromatic carbocycles. The molecule has 8 heteroatoms. The number of benzene rings is 1. The predicted molar refractivity (Wildman–Crippen MR) is 111 cm³/mol. The molecular formula is C22H19N7O. The first-order valence-corrected chi connectivity index (χ1v) is 9.29. The minimum atomic E-state index is 0.363. The van der Waals surface area contributed by atoms with Gasteiger partial charge in [-0.1, -0.05) is 6.07 Å². The van der Waals surface area contributed by atoms with Crippen LogP contribution in [0.25, 0.3) is 22.8 Å². The lowest BCUT2D eigenvalue weighted by molar-refractivity contribution is 0.432. The molecule has 0 unspecified atom stereocenters. The second-order valence-electron chi connectivity index (χ2n) is 6.70. The molecule has 4 rings (SSSR count). The summed E-state index contributed by atoms with van der Waals surface area (Å²) in [5, 5.41) is 13.8. The Kier molecular flexibility index (Phi) is 5.20. The Labute approximate surface area is 173 Å². The Balaban J connectivity index is 1.73. The molecule has 8 nitrogen and oxygen atoms in total. The predicted octanol–water partition coefficient (Wildman–Crippen LogP) is 3.37. The molecule has 3 aromatic heterocycles. The lowest BCUT2D eigenvalue weighted by atomic mass is 10.1. The zero-order valence-corrected chi connectivity index (χ0v) is 16.6. The first-order valence-electron chi connectivity index (χ1n) is 9.29. The Morgan fingerprint density at radius 2 is 1.90 bits per heavy atom. The molecule has 0 aliphatic heterocycles. The number of aryl methyl sites for hydroxylation is 2. The molecule has 148 valence electrons. The summed E-state index contributed by atoms with van der Waals surface area (Å²) in [5.41, 5.74) is 9.94. The zero-order chi connectivity index (χ0) is 21.1. The summed E-state index contributed by atoms with van der Waals surface area (Å²) in [6.45, 7) is 2.29. The summed E-state index contributed by atoms with van der Waals surface area (Å²) < 4.78 is 7.77. The van der Waals surface area contributed by atoms with Gasteiger partial charge in [0.1, 0.15) is 11.4 Å². The van der Waals surface area contributed by atoms with Gasteiger partial charge in [-0.2, -0.15) is 10.4 Å². The second kappa shape index (κ2) is 8.11.